The number of likely N-dealkylation sites (N-methyl/N-ethyl adjacent to an activating group) is 1. The second-order valence-electron chi connectivity index (χ2n) is 6.03. The minimum atomic E-state index is -0.876. The quantitative estimate of drug-likeness (QED) is 0.744. The van der Waals surface area contributed by atoms with Crippen molar-refractivity contribution in [2.45, 2.75) is 31.7 Å². The van der Waals surface area contributed by atoms with Crippen LogP contribution in [0, 0.1) is 0 Å². The zero-order valence-electron chi connectivity index (χ0n) is 13.9. The first-order chi connectivity index (χ1) is 11.4. The van der Waals surface area contributed by atoms with Crippen molar-refractivity contribution in [2.24, 2.45) is 0 Å². The van der Waals surface area contributed by atoms with Crippen molar-refractivity contribution < 1.29 is 9.59 Å². The standard InChI is InChI=1S/C17H21ClN4O2/c1-17(2,12-6-4-5-7-13(12)18)16(24)22-14(15(23)19-3)8-11-9-20-10-21-11/h4-7,9-10,14H,8H2,1-3H3,(H,19,23)(H,20,21)(H,22,24)/t14-/m0/s1. The first-order valence-electron chi connectivity index (χ1n) is 7.61. The molecular weight excluding hydrogens is 328 g/mol. The number of amides is 2. The molecule has 0 saturated carbocycles. The maximum absolute atomic E-state index is 12.8. The van der Waals surface area contributed by atoms with Crippen molar-refractivity contribution in [3.8, 4) is 0 Å². The van der Waals surface area contributed by atoms with Crippen LogP contribution in [0.15, 0.2) is 36.8 Å². The smallest absolute Gasteiger partial charge is 0.242 e. The van der Waals surface area contributed by atoms with Crippen LogP contribution in [-0.2, 0) is 21.4 Å². The molecule has 0 spiro atoms. The van der Waals surface area contributed by atoms with Gasteiger partial charge in [-0.05, 0) is 25.5 Å². The molecule has 0 unspecified atom stereocenters. The second kappa shape index (κ2) is 7.49. The number of nitrogens with one attached hydrogen (secondary N) is 3. The first kappa shape index (κ1) is 18.0. The van der Waals surface area contributed by atoms with E-state index in [1.54, 1.807) is 26.1 Å². The lowest BCUT2D eigenvalue weighted by molar-refractivity contribution is -0.131. The van der Waals surface area contributed by atoms with Crippen LogP contribution in [0.1, 0.15) is 25.1 Å². The van der Waals surface area contributed by atoms with Gasteiger partial charge < -0.3 is 15.6 Å². The summed E-state index contributed by atoms with van der Waals surface area (Å²) in [5, 5.41) is 5.90. The van der Waals surface area contributed by atoms with Crippen LogP contribution in [0.3, 0.4) is 0 Å². The first-order valence-corrected chi connectivity index (χ1v) is 7.99. The van der Waals surface area contributed by atoms with Gasteiger partial charge in [0, 0.05) is 30.4 Å². The van der Waals surface area contributed by atoms with Gasteiger partial charge >= 0.3 is 0 Å². The SMILES string of the molecule is CNC(=O)[C@H](Cc1cnc[nH]1)NC(=O)C(C)(C)c1ccccc1Cl. The Morgan fingerprint density at radius 3 is 2.62 bits per heavy atom. The highest BCUT2D eigenvalue weighted by Gasteiger charge is 2.34. The van der Waals surface area contributed by atoms with E-state index in [0.717, 1.165) is 5.69 Å². The van der Waals surface area contributed by atoms with E-state index in [-0.39, 0.29) is 11.8 Å². The highest BCUT2D eigenvalue weighted by Crippen LogP contribution is 2.30. The Bertz CT molecular complexity index is 713. The Kier molecular flexibility index (Phi) is 5.62. The lowest BCUT2D eigenvalue weighted by Gasteiger charge is -2.28. The molecule has 1 aromatic carbocycles. The molecule has 3 N–H and O–H groups in total. The molecule has 6 nitrogen and oxygen atoms in total. The van der Waals surface area contributed by atoms with E-state index >= 15 is 0 Å². The summed E-state index contributed by atoms with van der Waals surface area (Å²) in [6, 6.07) is 6.49. The zero-order chi connectivity index (χ0) is 17.7. The van der Waals surface area contributed by atoms with Gasteiger partial charge in [-0.2, -0.15) is 0 Å². The molecule has 0 aliphatic rings. The molecule has 24 heavy (non-hydrogen) atoms. The third-order valence-electron chi connectivity index (χ3n) is 3.96. The van der Waals surface area contributed by atoms with Crippen molar-refractivity contribution in [3.05, 3.63) is 53.1 Å². The third kappa shape index (κ3) is 3.94. The van der Waals surface area contributed by atoms with Gasteiger partial charge in [0.15, 0.2) is 0 Å². The predicted octanol–water partition coefficient (Wildman–Crippen LogP) is 1.81. The Hall–Kier alpha value is -2.34. The highest BCUT2D eigenvalue weighted by atomic mass is 35.5. The largest absolute Gasteiger partial charge is 0.357 e. The number of hydrogen-bond donors (Lipinski definition) is 3. The van der Waals surface area contributed by atoms with Crippen LogP contribution < -0.4 is 10.6 Å². The van der Waals surface area contributed by atoms with Crippen molar-refractivity contribution in [2.75, 3.05) is 7.05 Å². The van der Waals surface area contributed by atoms with Crippen LogP contribution in [0.5, 0.6) is 0 Å². The fraction of sp³-hybridized carbons (Fsp3) is 0.353. The number of imidazole rings is 1. The number of carbonyl (C=O) groups is 2. The summed E-state index contributed by atoms with van der Waals surface area (Å²) in [7, 11) is 1.54. The summed E-state index contributed by atoms with van der Waals surface area (Å²) in [4.78, 5) is 31.8. The Morgan fingerprint density at radius 1 is 1.33 bits per heavy atom. The number of aromatic nitrogens is 2. The van der Waals surface area contributed by atoms with E-state index in [1.165, 1.54) is 13.4 Å². The number of nitrogens with zero attached hydrogens (tertiary/aromatic N) is 1. The summed E-state index contributed by atoms with van der Waals surface area (Å²) in [5.41, 5.74) is 0.597. The second-order valence-corrected chi connectivity index (χ2v) is 6.43. The molecule has 2 rings (SSSR count). The summed E-state index contributed by atoms with van der Waals surface area (Å²) in [6.45, 7) is 3.56. The maximum atomic E-state index is 12.8. The van der Waals surface area contributed by atoms with Gasteiger partial charge in [-0.15, -0.1) is 0 Å². The molecule has 0 radical (unpaired) electrons. The molecule has 0 fully saturated rings. The monoisotopic (exact) mass is 348 g/mol. The predicted molar refractivity (Wildman–Crippen MR) is 92.8 cm³/mol. The normalized spacial score (nSPS) is 12.5. The molecule has 2 amide bonds. The highest BCUT2D eigenvalue weighted by molar-refractivity contribution is 6.31. The van der Waals surface area contributed by atoms with Crippen LogP contribution >= 0.6 is 11.6 Å². The van der Waals surface area contributed by atoms with Gasteiger partial charge in [-0.3, -0.25) is 9.59 Å². The topological polar surface area (TPSA) is 86.9 Å². The van der Waals surface area contributed by atoms with E-state index in [2.05, 4.69) is 20.6 Å². The van der Waals surface area contributed by atoms with Crippen molar-refractivity contribution >= 4 is 23.4 Å². The van der Waals surface area contributed by atoms with Crippen LogP contribution in [0.25, 0.3) is 0 Å². The number of rotatable bonds is 6. The molecule has 0 aliphatic carbocycles. The van der Waals surface area contributed by atoms with E-state index < -0.39 is 11.5 Å². The molecule has 1 heterocycles. The van der Waals surface area contributed by atoms with Crippen LogP contribution in [-0.4, -0.2) is 34.9 Å². The minimum absolute atomic E-state index is 0.270. The van der Waals surface area contributed by atoms with Crippen molar-refractivity contribution in [1.82, 2.24) is 20.6 Å². The molecule has 7 heteroatoms. The number of carbonyl (C=O) groups excluding carboxylic acids is 2. The molecule has 0 bridgehead atoms. The van der Waals surface area contributed by atoms with Crippen LogP contribution in [0.2, 0.25) is 5.02 Å². The van der Waals surface area contributed by atoms with E-state index in [0.29, 0.717) is 17.0 Å². The average Bonchev–Trinajstić information content (AvgIpc) is 3.06. The number of H-pyrrole nitrogens is 1. The summed E-state index contributed by atoms with van der Waals surface area (Å²) >= 11 is 6.22. The molecular formula is C17H21ClN4O2. The molecule has 1 aromatic heterocycles. The summed E-state index contributed by atoms with van der Waals surface area (Å²) in [5.74, 6) is -0.545. The summed E-state index contributed by atoms with van der Waals surface area (Å²) in [6.07, 6.45) is 3.48. The minimum Gasteiger partial charge on any atom is -0.357 e. The van der Waals surface area contributed by atoms with Gasteiger partial charge in [0.05, 0.1) is 11.7 Å². The lowest BCUT2D eigenvalue weighted by Crippen LogP contribution is -2.52. The number of hydrogen-bond acceptors (Lipinski definition) is 3. The lowest BCUT2D eigenvalue weighted by atomic mass is 9.83. The van der Waals surface area contributed by atoms with Gasteiger partial charge in [-0.1, -0.05) is 29.8 Å². The molecule has 1 atom stereocenters. The summed E-state index contributed by atoms with van der Waals surface area (Å²) < 4.78 is 0. The van der Waals surface area contributed by atoms with Gasteiger partial charge in [0.2, 0.25) is 11.8 Å². The van der Waals surface area contributed by atoms with E-state index in [1.807, 2.05) is 18.2 Å². The van der Waals surface area contributed by atoms with E-state index in [9.17, 15) is 9.59 Å². The zero-order valence-corrected chi connectivity index (χ0v) is 14.6. The van der Waals surface area contributed by atoms with Gasteiger partial charge in [0.25, 0.3) is 0 Å². The Balaban J connectivity index is 2.20. The van der Waals surface area contributed by atoms with Gasteiger partial charge in [-0.25, -0.2) is 4.98 Å². The molecule has 128 valence electrons. The fourth-order valence-electron chi connectivity index (χ4n) is 2.43. The maximum Gasteiger partial charge on any atom is 0.242 e. The fourth-order valence-corrected chi connectivity index (χ4v) is 2.80. The van der Waals surface area contributed by atoms with Crippen molar-refractivity contribution in [3.63, 3.8) is 0 Å². The number of aromatic amines is 1. The van der Waals surface area contributed by atoms with Gasteiger partial charge in [0.1, 0.15) is 6.04 Å². The van der Waals surface area contributed by atoms with E-state index in [4.69, 9.17) is 11.6 Å². The molecule has 2 aromatic rings. The third-order valence-corrected chi connectivity index (χ3v) is 4.29. The van der Waals surface area contributed by atoms with Crippen LogP contribution in [0.4, 0.5) is 0 Å². The number of halogens is 1. The Morgan fingerprint density at radius 2 is 2.04 bits per heavy atom. The number of benzene rings is 1. The Labute approximate surface area is 146 Å². The molecule has 0 saturated heterocycles. The molecule has 0 aliphatic heterocycles. The average molecular weight is 349 g/mol. The van der Waals surface area contributed by atoms with Crippen molar-refractivity contribution in [1.29, 1.82) is 0 Å².